The van der Waals surface area contributed by atoms with E-state index < -0.39 is 23.5 Å². The summed E-state index contributed by atoms with van der Waals surface area (Å²) >= 11 is 0. The van der Waals surface area contributed by atoms with Gasteiger partial charge in [0.25, 0.3) is 0 Å². The van der Waals surface area contributed by atoms with Gasteiger partial charge in [-0.15, -0.1) is 0 Å². The normalized spacial score (nSPS) is 14.1. The maximum absolute atomic E-state index is 12.8. The number of fused-ring (bicyclic) bond motifs is 1. The minimum Gasteiger partial charge on any atom is -0.369 e. The Morgan fingerprint density at radius 3 is 1.86 bits per heavy atom. The summed E-state index contributed by atoms with van der Waals surface area (Å²) in [5.41, 5.74) is 0.743. The summed E-state index contributed by atoms with van der Waals surface area (Å²) in [7, 11) is 0. The maximum Gasteiger partial charge on any atom is 0.416 e. The Balaban J connectivity index is 1.74. The van der Waals surface area contributed by atoms with E-state index in [-0.39, 0.29) is 0 Å². The van der Waals surface area contributed by atoms with Crippen molar-refractivity contribution in [1.29, 1.82) is 0 Å². The SMILES string of the molecule is FC(F)(F)c1ccc(-c2nn(-c3ccc(C(F)(F)F)cc3)c3c2CCN3)cc1. The van der Waals surface area contributed by atoms with Gasteiger partial charge >= 0.3 is 12.4 Å². The first-order chi connectivity index (χ1) is 13.1. The second-order valence-corrected chi connectivity index (χ2v) is 6.38. The lowest BCUT2D eigenvalue weighted by Gasteiger charge is -2.09. The monoisotopic (exact) mass is 397 g/mol. The predicted molar refractivity (Wildman–Crippen MR) is 91.2 cm³/mol. The van der Waals surface area contributed by atoms with Gasteiger partial charge in [-0.3, -0.25) is 0 Å². The Bertz CT molecular complexity index is 918. The van der Waals surface area contributed by atoms with Gasteiger partial charge < -0.3 is 5.32 Å². The molecule has 0 saturated heterocycles. The number of halogens is 6. The number of hydrogen-bond donors (Lipinski definition) is 1. The summed E-state index contributed by atoms with van der Waals surface area (Å²) in [6.45, 7) is 0.613. The average molecular weight is 397 g/mol. The van der Waals surface area contributed by atoms with Crippen LogP contribution in [0.3, 0.4) is 0 Å². The first-order valence-electron chi connectivity index (χ1n) is 8.35. The number of alkyl halides is 6. The summed E-state index contributed by atoms with van der Waals surface area (Å²) in [5.74, 6) is 0.634. The van der Waals surface area contributed by atoms with Crippen LogP contribution in [0.5, 0.6) is 0 Å². The van der Waals surface area contributed by atoms with Crippen LogP contribution in [0, 0.1) is 0 Å². The summed E-state index contributed by atoms with van der Waals surface area (Å²) in [6.07, 6.45) is -8.25. The molecule has 9 heteroatoms. The van der Waals surface area contributed by atoms with Gasteiger partial charge in [0.05, 0.1) is 22.5 Å². The Morgan fingerprint density at radius 2 is 1.32 bits per heavy atom. The zero-order valence-corrected chi connectivity index (χ0v) is 14.2. The van der Waals surface area contributed by atoms with Crippen molar-refractivity contribution >= 4 is 5.82 Å². The molecule has 3 aromatic rings. The Hall–Kier alpha value is -2.97. The quantitative estimate of drug-likeness (QED) is 0.575. The van der Waals surface area contributed by atoms with Gasteiger partial charge in [-0.2, -0.15) is 31.4 Å². The number of aromatic nitrogens is 2. The molecule has 1 N–H and O–H groups in total. The second kappa shape index (κ2) is 6.29. The molecule has 2 heterocycles. The average Bonchev–Trinajstić information content (AvgIpc) is 3.23. The van der Waals surface area contributed by atoms with Crippen LogP contribution in [0.25, 0.3) is 16.9 Å². The number of rotatable bonds is 2. The molecule has 0 unspecified atom stereocenters. The topological polar surface area (TPSA) is 29.9 Å². The lowest BCUT2D eigenvalue weighted by molar-refractivity contribution is -0.138. The van der Waals surface area contributed by atoms with Crippen LogP contribution < -0.4 is 5.32 Å². The van der Waals surface area contributed by atoms with E-state index in [1.165, 1.54) is 28.9 Å². The minimum absolute atomic E-state index is 0.428. The highest BCUT2D eigenvalue weighted by atomic mass is 19.4. The standard InChI is InChI=1S/C19H13F6N3/c20-18(21,22)12-3-1-11(2-4-12)16-15-9-10-26-17(15)28(27-16)14-7-5-13(6-8-14)19(23,24)25/h1-8,26H,9-10H2. The van der Waals surface area contributed by atoms with Gasteiger partial charge in [-0.1, -0.05) is 12.1 Å². The number of benzene rings is 2. The molecule has 28 heavy (non-hydrogen) atoms. The Morgan fingerprint density at radius 1 is 0.786 bits per heavy atom. The molecule has 1 aliphatic heterocycles. The molecule has 0 amide bonds. The minimum atomic E-state index is -4.44. The molecule has 1 aliphatic rings. The molecule has 2 aromatic carbocycles. The van der Waals surface area contributed by atoms with Crippen molar-refractivity contribution < 1.29 is 26.3 Å². The molecule has 0 radical (unpaired) electrons. The molecule has 3 nitrogen and oxygen atoms in total. The van der Waals surface area contributed by atoms with Crippen molar-refractivity contribution in [2.24, 2.45) is 0 Å². The Labute approximate surface area is 155 Å². The van der Waals surface area contributed by atoms with E-state index in [0.717, 1.165) is 29.8 Å². The highest BCUT2D eigenvalue weighted by Gasteiger charge is 2.32. The molecule has 1 aromatic heterocycles. The number of anilines is 1. The van der Waals surface area contributed by atoms with Crippen LogP contribution in [0.2, 0.25) is 0 Å². The van der Waals surface area contributed by atoms with E-state index in [4.69, 9.17) is 0 Å². The Kier molecular flexibility index (Phi) is 4.13. The zero-order chi connectivity index (χ0) is 20.1. The number of hydrogen-bond acceptors (Lipinski definition) is 2. The first kappa shape index (κ1) is 18.4. The van der Waals surface area contributed by atoms with Crippen molar-refractivity contribution in [1.82, 2.24) is 9.78 Å². The molecular weight excluding hydrogens is 384 g/mol. The van der Waals surface area contributed by atoms with Gasteiger partial charge in [-0.25, -0.2) is 4.68 Å². The third kappa shape index (κ3) is 3.21. The van der Waals surface area contributed by atoms with Crippen molar-refractivity contribution in [3.8, 4) is 16.9 Å². The molecule has 0 spiro atoms. The van der Waals surface area contributed by atoms with Gasteiger partial charge in [0, 0.05) is 17.7 Å². The van der Waals surface area contributed by atoms with Gasteiger partial charge in [0.1, 0.15) is 5.82 Å². The lowest BCUT2D eigenvalue weighted by Crippen LogP contribution is -2.07. The van der Waals surface area contributed by atoms with E-state index in [0.29, 0.717) is 35.7 Å². The second-order valence-electron chi connectivity index (χ2n) is 6.38. The molecule has 0 atom stereocenters. The van der Waals surface area contributed by atoms with E-state index in [1.807, 2.05) is 0 Å². The van der Waals surface area contributed by atoms with Crippen LogP contribution in [0.1, 0.15) is 16.7 Å². The van der Waals surface area contributed by atoms with Crippen molar-refractivity contribution in [3.63, 3.8) is 0 Å². The summed E-state index contributed by atoms with van der Waals surface area (Å²) in [5, 5.41) is 7.58. The summed E-state index contributed by atoms with van der Waals surface area (Å²) in [6, 6.07) is 9.23. The fourth-order valence-electron chi connectivity index (χ4n) is 3.20. The molecule has 146 valence electrons. The fraction of sp³-hybridized carbons (Fsp3) is 0.211. The highest BCUT2D eigenvalue weighted by Crippen LogP contribution is 2.37. The van der Waals surface area contributed by atoms with Crippen LogP contribution in [-0.2, 0) is 18.8 Å². The number of nitrogens with zero attached hydrogens (tertiary/aromatic N) is 2. The van der Waals surface area contributed by atoms with Crippen molar-refractivity contribution in [2.45, 2.75) is 18.8 Å². The molecule has 0 fully saturated rings. The van der Waals surface area contributed by atoms with Crippen LogP contribution in [0.15, 0.2) is 48.5 Å². The van der Waals surface area contributed by atoms with Crippen molar-refractivity contribution in [3.05, 3.63) is 65.2 Å². The molecular formula is C19H13F6N3. The zero-order valence-electron chi connectivity index (χ0n) is 14.2. The van der Waals surface area contributed by atoms with Gasteiger partial charge in [0.2, 0.25) is 0 Å². The molecule has 4 rings (SSSR count). The summed E-state index contributed by atoms with van der Waals surface area (Å²) < 4.78 is 78.1. The van der Waals surface area contributed by atoms with E-state index in [1.54, 1.807) is 0 Å². The van der Waals surface area contributed by atoms with Gasteiger partial charge in [-0.05, 0) is 42.8 Å². The fourth-order valence-corrected chi connectivity index (χ4v) is 3.20. The highest BCUT2D eigenvalue weighted by molar-refractivity contribution is 5.73. The molecule has 0 saturated carbocycles. The molecule has 0 bridgehead atoms. The van der Waals surface area contributed by atoms with Crippen LogP contribution >= 0.6 is 0 Å². The predicted octanol–water partition coefficient (Wildman–Crippen LogP) is 5.54. The smallest absolute Gasteiger partial charge is 0.369 e. The van der Waals surface area contributed by atoms with Crippen LogP contribution in [0.4, 0.5) is 32.2 Å². The largest absolute Gasteiger partial charge is 0.416 e. The van der Waals surface area contributed by atoms with Crippen molar-refractivity contribution in [2.75, 3.05) is 11.9 Å². The third-order valence-electron chi connectivity index (χ3n) is 4.58. The molecule has 0 aliphatic carbocycles. The van der Waals surface area contributed by atoms with Crippen LogP contribution in [-0.4, -0.2) is 16.3 Å². The number of nitrogens with one attached hydrogen (secondary N) is 1. The first-order valence-corrected chi connectivity index (χ1v) is 8.35. The maximum atomic E-state index is 12.8. The summed E-state index contributed by atoms with van der Waals surface area (Å²) in [4.78, 5) is 0. The lowest BCUT2D eigenvalue weighted by atomic mass is 10.0. The van der Waals surface area contributed by atoms with E-state index in [2.05, 4.69) is 10.4 Å². The third-order valence-corrected chi connectivity index (χ3v) is 4.58. The van der Waals surface area contributed by atoms with Gasteiger partial charge in [0.15, 0.2) is 0 Å². The van der Waals surface area contributed by atoms with E-state index >= 15 is 0 Å². The van der Waals surface area contributed by atoms with E-state index in [9.17, 15) is 26.3 Å².